The lowest BCUT2D eigenvalue weighted by Crippen LogP contribution is -2.42. The molecule has 0 aliphatic carbocycles. The van der Waals surface area contributed by atoms with E-state index in [9.17, 15) is 9.90 Å². The number of urea groups is 1. The Morgan fingerprint density at radius 3 is 3.04 bits per heavy atom. The van der Waals surface area contributed by atoms with E-state index in [2.05, 4.69) is 15.5 Å². The molecule has 1 heterocycles. The maximum absolute atomic E-state index is 11.9. The molecule has 1 unspecified atom stereocenters. The largest absolute Gasteiger partial charge is 0.492 e. The molecule has 0 bridgehead atoms. The highest BCUT2D eigenvalue weighted by Gasteiger charge is 2.18. The van der Waals surface area contributed by atoms with Crippen molar-refractivity contribution in [1.29, 1.82) is 0 Å². The molecule has 6 nitrogen and oxygen atoms in total. The number of piperidine rings is 1. The zero-order valence-corrected chi connectivity index (χ0v) is 14.8. The van der Waals surface area contributed by atoms with Gasteiger partial charge in [-0.2, -0.15) is 0 Å². The first-order chi connectivity index (χ1) is 11.6. The van der Waals surface area contributed by atoms with E-state index < -0.39 is 0 Å². The second-order valence-electron chi connectivity index (χ2n) is 5.95. The minimum absolute atomic E-state index is 0.239. The van der Waals surface area contributed by atoms with Crippen molar-refractivity contribution in [2.75, 3.05) is 44.7 Å². The number of likely N-dealkylation sites (tertiary alicyclic amines) is 1. The molecular formula is C17H26ClN3O3. The third-order valence-corrected chi connectivity index (χ3v) is 4.36. The first-order valence-corrected chi connectivity index (χ1v) is 8.80. The van der Waals surface area contributed by atoms with E-state index in [0.717, 1.165) is 32.5 Å². The molecule has 134 valence electrons. The molecule has 1 aromatic carbocycles. The summed E-state index contributed by atoms with van der Waals surface area (Å²) in [5.41, 5.74) is 0.624. The highest BCUT2D eigenvalue weighted by molar-refractivity contribution is 6.32. The normalized spacial score (nSPS) is 18.2. The van der Waals surface area contributed by atoms with Gasteiger partial charge in [0.2, 0.25) is 0 Å². The van der Waals surface area contributed by atoms with Gasteiger partial charge in [0, 0.05) is 31.9 Å². The first-order valence-electron chi connectivity index (χ1n) is 8.42. The quantitative estimate of drug-likeness (QED) is 0.702. The molecule has 0 spiro atoms. The van der Waals surface area contributed by atoms with Crippen molar-refractivity contribution < 1.29 is 14.6 Å². The summed E-state index contributed by atoms with van der Waals surface area (Å²) in [7, 11) is 0. The van der Waals surface area contributed by atoms with Crippen molar-refractivity contribution in [3.63, 3.8) is 0 Å². The smallest absolute Gasteiger partial charge is 0.319 e. The Balaban J connectivity index is 1.72. The summed E-state index contributed by atoms with van der Waals surface area (Å²) in [6.45, 7) is 5.94. The van der Waals surface area contributed by atoms with Crippen molar-refractivity contribution in [3.05, 3.63) is 23.2 Å². The maximum atomic E-state index is 11.9. The van der Waals surface area contributed by atoms with E-state index in [4.69, 9.17) is 16.3 Å². The number of anilines is 1. The monoisotopic (exact) mass is 355 g/mol. The van der Waals surface area contributed by atoms with Crippen molar-refractivity contribution >= 4 is 23.3 Å². The number of carbonyl (C=O) groups is 1. The molecule has 1 saturated heterocycles. The van der Waals surface area contributed by atoms with Gasteiger partial charge in [-0.3, -0.25) is 0 Å². The molecular weight excluding hydrogens is 330 g/mol. The summed E-state index contributed by atoms with van der Waals surface area (Å²) in [4.78, 5) is 14.2. The number of benzene rings is 1. The Hall–Kier alpha value is -1.50. The molecule has 2 rings (SSSR count). The molecule has 0 radical (unpaired) electrons. The van der Waals surface area contributed by atoms with Gasteiger partial charge in [-0.25, -0.2) is 4.79 Å². The Morgan fingerprint density at radius 2 is 2.33 bits per heavy atom. The minimum Gasteiger partial charge on any atom is -0.492 e. The molecule has 3 N–H and O–H groups in total. The van der Waals surface area contributed by atoms with E-state index in [1.807, 2.05) is 6.92 Å². The molecule has 0 aromatic heterocycles. The zero-order chi connectivity index (χ0) is 17.4. The average Bonchev–Trinajstić information content (AvgIpc) is 2.57. The Kier molecular flexibility index (Phi) is 7.62. The lowest BCUT2D eigenvalue weighted by Gasteiger charge is -2.31. The molecule has 1 aliphatic rings. The van der Waals surface area contributed by atoms with Gasteiger partial charge in [-0.15, -0.1) is 0 Å². The third kappa shape index (κ3) is 5.85. The number of amides is 2. The fourth-order valence-corrected chi connectivity index (χ4v) is 3.09. The fourth-order valence-electron chi connectivity index (χ4n) is 2.86. The summed E-state index contributed by atoms with van der Waals surface area (Å²) in [6.07, 6.45) is 2.18. The van der Waals surface area contributed by atoms with E-state index in [-0.39, 0.29) is 12.6 Å². The average molecular weight is 356 g/mol. The summed E-state index contributed by atoms with van der Waals surface area (Å²) in [5, 5.41) is 15.3. The van der Waals surface area contributed by atoms with Crippen LogP contribution in [0.2, 0.25) is 5.02 Å². The van der Waals surface area contributed by atoms with Gasteiger partial charge in [0.1, 0.15) is 5.75 Å². The van der Waals surface area contributed by atoms with E-state index in [0.29, 0.717) is 35.5 Å². The Bertz CT molecular complexity index is 542. The number of nitrogens with zero attached hydrogens (tertiary/aromatic N) is 1. The van der Waals surface area contributed by atoms with Crippen LogP contribution in [0.15, 0.2) is 18.2 Å². The topological polar surface area (TPSA) is 73.8 Å². The van der Waals surface area contributed by atoms with Crippen LogP contribution in [0, 0.1) is 5.92 Å². The molecule has 1 aromatic rings. The molecule has 1 atom stereocenters. The lowest BCUT2D eigenvalue weighted by atomic mass is 9.99. The number of nitrogens with one attached hydrogen (secondary N) is 2. The van der Waals surface area contributed by atoms with Crippen molar-refractivity contribution in [3.8, 4) is 5.75 Å². The predicted octanol–water partition coefficient (Wildman–Crippen LogP) is 2.56. The summed E-state index contributed by atoms with van der Waals surface area (Å²) < 4.78 is 5.36. The number of rotatable bonds is 7. The predicted molar refractivity (Wildman–Crippen MR) is 95.9 cm³/mol. The summed E-state index contributed by atoms with van der Waals surface area (Å²) in [5.74, 6) is 0.965. The third-order valence-electron chi connectivity index (χ3n) is 4.06. The van der Waals surface area contributed by atoms with Gasteiger partial charge in [0.05, 0.1) is 11.6 Å². The second kappa shape index (κ2) is 9.71. The highest BCUT2D eigenvalue weighted by atomic mass is 35.5. The van der Waals surface area contributed by atoms with Crippen molar-refractivity contribution in [1.82, 2.24) is 10.2 Å². The van der Waals surface area contributed by atoms with Gasteiger partial charge in [-0.05, 0) is 50.4 Å². The molecule has 0 saturated carbocycles. The van der Waals surface area contributed by atoms with Gasteiger partial charge in [0.15, 0.2) is 0 Å². The van der Waals surface area contributed by atoms with Crippen LogP contribution in [0.5, 0.6) is 5.75 Å². The van der Waals surface area contributed by atoms with E-state index in [1.54, 1.807) is 18.2 Å². The molecule has 2 amide bonds. The van der Waals surface area contributed by atoms with Crippen LogP contribution >= 0.6 is 11.6 Å². The maximum Gasteiger partial charge on any atom is 0.319 e. The van der Waals surface area contributed by atoms with Crippen LogP contribution in [-0.4, -0.2) is 55.4 Å². The number of aliphatic hydroxyl groups is 1. The molecule has 7 heteroatoms. The van der Waals surface area contributed by atoms with Gasteiger partial charge in [-0.1, -0.05) is 11.6 Å². The van der Waals surface area contributed by atoms with Crippen molar-refractivity contribution in [2.45, 2.75) is 19.8 Å². The van der Waals surface area contributed by atoms with Crippen LogP contribution in [0.3, 0.4) is 0 Å². The number of hydrogen-bond donors (Lipinski definition) is 3. The van der Waals surface area contributed by atoms with Gasteiger partial charge < -0.3 is 25.4 Å². The number of hydrogen-bond acceptors (Lipinski definition) is 4. The van der Waals surface area contributed by atoms with Crippen molar-refractivity contribution in [2.24, 2.45) is 5.92 Å². The lowest BCUT2D eigenvalue weighted by molar-refractivity contribution is 0.121. The SMILES string of the molecule is CCOc1ccc(NC(=O)NCCN2CCCC(CO)C2)cc1Cl. The number of aliphatic hydroxyl groups excluding tert-OH is 1. The van der Waals surface area contributed by atoms with E-state index >= 15 is 0 Å². The molecule has 1 aliphatic heterocycles. The molecule has 1 fully saturated rings. The van der Waals surface area contributed by atoms with Gasteiger partial charge >= 0.3 is 6.03 Å². The second-order valence-corrected chi connectivity index (χ2v) is 6.36. The Labute approximate surface area is 148 Å². The number of carbonyl (C=O) groups excluding carboxylic acids is 1. The first kappa shape index (κ1) is 18.8. The summed E-state index contributed by atoms with van der Waals surface area (Å²) >= 11 is 6.10. The fraction of sp³-hybridized carbons (Fsp3) is 0.588. The van der Waals surface area contributed by atoms with Crippen LogP contribution in [0.4, 0.5) is 10.5 Å². The highest BCUT2D eigenvalue weighted by Crippen LogP contribution is 2.27. The van der Waals surface area contributed by atoms with Gasteiger partial charge in [0.25, 0.3) is 0 Å². The summed E-state index contributed by atoms with van der Waals surface area (Å²) in [6, 6.07) is 4.91. The van der Waals surface area contributed by atoms with Crippen LogP contribution in [0.25, 0.3) is 0 Å². The number of ether oxygens (including phenoxy) is 1. The standard InChI is InChI=1S/C17H26ClN3O3/c1-2-24-16-6-5-14(10-15(16)18)20-17(23)19-7-9-21-8-3-4-13(11-21)12-22/h5-6,10,13,22H,2-4,7-9,11-12H2,1H3,(H2,19,20,23). The number of halogens is 1. The van der Waals surface area contributed by atoms with E-state index in [1.165, 1.54) is 0 Å². The van der Waals surface area contributed by atoms with Crippen LogP contribution < -0.4 is 15.4 Å². The Morgan fingerprint density at radius 1 is 1.50 bits per heavy atom. The van der Waals surface area contributed by atoms with Crippen LogP contribution in [0.1, 0.15) is 19.8 Å². The van der Waals surface area contributed by atoms with Crippen LogP contribution in [-0.2, 0) is 0 Å². The molecule has 24 heavy (non-hydrogen) atoms. The minimum atomic E-state index is -0.258. The zero-order valence-electron chi connectivity index (χ0n) is 14.1.